The fourth-order valence-corrected chi connectivity index (χ4v) is 2.86. The van der Waals surface area contributed by atoms with Crippen LogP contribution < -0.4 is 5.32 Å². The van der Waals surface area contributed by atoms with Gasteiger partial charge in [-0.25, -0.2) is 0 Å². The Morgan fingerprint density at radius 3 is 2.63 bits per heavy atom. The first kappa shape index (κ1) is 15.2. The Kier molecular flexibility index (Phi) is 6.57. The van der Waals surface area contributed by atoms with E-state index in [9.17, 15) is 0 Å². The topological polar surface area (TPSA) is 39.7 Å². The lowest BCUT2D eigenvalue weighted by Crippen LogP contribution is -2.60. The molecule has 3 atom stereocenters. The zero-order valence-corrected chi connectivity index (χ0v) is 12.4. The number of hydrogen-bond donors (Lipinski definition) is 1. The molecule has 1 saturated carbocycles. The molecule has 3 unspecified atom stereocenters. The Labute approximate surface area is 117 Å². The van der Waals surface area contributed by atoms with Crippen molar-refractivity contribution in [3.8, 4) is 0 Å². The molecule has 2 fully saturated rings. The van der Waals surface area contributed by atoms with Crippen LogP contribution in [0, 0.1) is 5.92 Å². The molecule has 0 aromatic rings. The summed E-state index contributed by atoms with van der Waals surface area (Å²) >= 11 is 0. The minimum Gasteiger partial charge on any atom is -0.381 e. The fourth-order valence-electron chi connectivity index (χ4n) is 2.86. The molecule has 2 rings (SSSR count). The van der Waals surface area contributed by atoms with Crippen LogP contribution in [0.5, 0.6) is 0 Å². The Balaban J connectivity index is 1.69. The summed E-state index contributed by atoms with van der Waals surface area (Å²) in [5, 5.41) is 3.48. The smallest absolute Gasteiger partial charge is 0.0990 e. The van der Waals surface area contributed by atoms with Crippen LogP contribution in [0.3, 0.4) is 0 Å². The summed E-state index contributed by atoms with van der Waals surface area (Å²) in [4.78, 5) is 0. The van der Waals surface area contributed by atoms with Crippen molar-refractivity contribution >= 4 is 0 Å². The summed E-state index contributed by atoms with van der Waals surface area (Å²) in [7, 11) is 0. The number of likely N-dealkylation sites (N-methyl/N-ethyl adjacent to an activating group) is 1. The van der Waals surface area contributed by atoms with E-state index in [1.807, 2.05) is 0 Å². The first-order valence-electron chi connectivity index (χ1n) is 7.89. The van der Waals surface area contributed by atoms with Crippen LogP contribution >= 0.6 is 0 Å². The molecule has 4 nitrogen and oxygen atoms in total. The molecule has 112 valence electrons. The second kappa shape index (κ2) is 8.20. The highest BCUT2D eigenvalue weighted by molar-refractivity contribution is 4.97. The number of rotatable bonds is 8. The van der Waals surface area contributed by atoms with Crippen LogP contribution in [-0.4, -0.2) is 51.2 Å². The van der Waals surface area contributed by atoms with E-state index in [4.69, 9.17) is 14.2 Å². The third-order valence-electron chi connectivity index (χ3n) is 4.12. The second-order valence-corrected chi connectivity index (χ2v) is 5.66. The Morgan fingerprint density at radius 2 is 1.95 bits per heavy atom. The monoisotopic (exact) mass is 271 g/mol. The summed E-state index contributed by atoms with van der Waals surface area (Å²) in [6.45, 7) is 8.81. The zero-order chi connectivity index (χ0) is 13.5. The van der Waals surface area contributed by atoms with Crippen LogP contribution in [0.4, 0.5) is 0 Å². The van der Waals surface area contributed by atoms with Crippen molar-refractivity contribution in [2.75, 3.05) is 33.0 Å². The maximum Gasteiger partial charge on any atom is 0.0990 e. The summed E-state index contributed by atoms with van der Waals surface area (Å²) in [6, 6.07) is 0.483. The quantitative estimate of drug-likeness (QED) is 0.733. The van der Waals surface area contributed by atoms with E-state index in [0.29, 0.717) is 18.1 Å². The molecule has 1 heterocycles. The molecule has 4 heteroatoms. The summed E-state index contributed by atoms with van der Waals surface area (Å²) in [5.74, 6) is 0.679. The lowest BCUT2D eigenvalue weighted by atomic mass is 9.85. The van der Waals surface area contributed by atoms with E-state index >= 15 is 0 Å². The van der Waals surface area contributed by atoms with Crippen LogP contribution in [0.15, 0.2) is 0 Å². The molecule has 1 saturated heterocycles. The molecular weight excluding hydrogens is 242 g/mol. The van der Waals surface area contributed by atoms with E-state index in [2.05, 4.69) is 19.2 Å². The van der Waals surface area contributed by atoms with E-state index in [1.165, 1.54) is 0 Å². The van der Waals surface area contributed by atoms with Crippen LogP contribution in [0.2, 0.25) is 0 Å². The van der Waals surface area contributed by atoms with Crippen LogP contribution in [-0.2, 0) is 14.2 Å². The van der Waals surface area contributed by atoms with Crippen molar-refractivity contribution in [3.63, 3.8) is 0 Å². The van der Waals surface area contributed by atoms with Crippen molar-refractivity contribution in [3.05, 3.63) is 0 Å². The standard InChI is InChI=1S/C15H29NO3/c1-3-7-18-15-13(16-4-2)10-14(15)19-11-12-5-8-17-9-6-12/h12-16H,3-11H2,1-2H3. The summed E-state index contributed by atoms with van der Waals surface area (Å²) < 4.78 is 17.4. The minimum atomic E-state index is 0.250. The first-order valence-corrected chi connectivity index (χ1v) is 7.89. The molecule has 0 bridgehead atoms. The predicted molar refractivity (Wildman–Crippen MR) is 75.4 cm³/mol. The molecule has 1 N–H and O–H groups in total. The highest BCUT2D eigenvalue weighted by atomic mass is 16.5. The molecular formula is C15H29NO3. The summed E-state index contributed by atoms with van der Waals surface area (Å²) in [6.07, 6.45) is 4.99. The fraction of sp³-hybridized carbons (Fsp3) is 1.00. The van der Waals surface area contributed by atoms with Gasteiger partial charge in [-0.3, -0.25) is 0 Å². The largest absolute Gasteiger partial charge is 0.381 e. The Morgan fingerprint density at radius 1 is 1.16 bits per heavy atom. The van der Waals surface area contributed by atoms with Gasteiger partial charge in [-0.15, -0.1) is 0 Å². The van der Waals surface area contributed by atoms with Crippen molar-refractivity contribution in [1.29, 1.82) is 0 Å². The van der Waals surface area contributed by atoms with Gasteiger partial charge in [0.25, 0.3) is 0 Å². The second-order valence-electron chi connectivity index (χ2n) is 5.66. The third kappa shape index (κ3) is 4.42. The molecule has 0 amide bonds. The molecule has 0 spiro atoms. The highest BCUT2D eigenvalue weighted by Gasteiger charge is 2.42. The van der Waals surface area contributed by atoms with Gasteiger partial charge in [0.05, 0.1) is 18.8 Å². The third-order valence-corrected chi connectivity index (χ3v) is 4.12. The molecule has 0 aromatic carbocycles. The average Bonchev–Trinajstić information content (AvgIpc) is 2.43. The maximum absolute atomic E-state index is 6.08. The van der Waals surface area contributed by atoms with Gasteiger partial charge in [0.2, 0.25) is 0 Å². The summed E-state index contributed by atoms with van der Waals surface area (Å²) in [5.41, 5.74) is 0. The van der Waals surface area contributed by atoms with Gasteiger partial charge >= 0.3 is 0 Å². The maximum atomic E-state index is 6.08. The number of nitrogens with one attached hydrogen (secondary N) is 1. The molecule has 0 radical (unpaired) electrons. The molecule has 0 aromatic heterocycles. The predicted octanol–water partition coefficient (Wildman–Crippen LogP) is 1.98. The van der Waals surface area contributed by atoms with Crippen LogP contribution in [0.1, 0.15) is 39.5 Å². The van der Waals surface area contributed by atoms with Crippen LogP contribution in [0.25, 0.3) is 0 Å². The SMILES string of the molecule is CCCOC1C(NCC)CC1OCC1CCOCC1. The van der Waals surface area contributed by atoms with Crippen molar-refractivity contribution in [1.82, 2.24) is 5.32 Å². The number of ether oxygens (including phenoxy) is 3. The van der Waals surface area contributed by atoms with Gasteiger partial charge in [-0.1, -0.05) is 13.8 Å². The van der Waals surface area contributed by atoms with E-state index < -0.39 is 0 Å². The van der Waals surface area contributed by atoms with Gasteiger partial charge < -0.3 is 19.5 Å². The highest BCUT2D eigenvalue weighted by Crippen LogP contribution is 2.29. The lowest BCUT2D eigenvalue weighted by Gasteiger charge is -2.44. The van der Waals surface area contributed by atoms with Crippen molar-refractivity contribution in [2.24, 2.45) is 5.92 Å². The Bertz CT molecular complexity index is 244. The minimum absolute atomic E-state index is 0.250. The first-order chi connectivity index (χ1) is 9.35. The Hall–Kier alpha value is -0.160. The molecule has 2 aliphatic rings. The normalized spacial score (nSPS) is 32.2. The van der Waals surface area contributed by atoms with Gasteiger partial charge in [0.15, 0.2) is 0 Å². The van der Waals surface area contributed by atoms with Gasteiger partial charge in [0, 0.05) is 25.9 Å². The molecule has 19 heavy (non-hydrogen) atoms. The van der Waals surface area contributed by atoms with Gasteiger partial charge in [-0.05, 0) is 38.1 Å². The lowest BCUT2D eigenvalue weighted by molar-refractivity contribution is -0.155. The number of hydrogen-bond acceptors (Lipinski definition) is 4. The van der Waals surface area contributed by atoms with Gasteiger partial charge in [0.1, 0.15) is 0 Å². The van der Waals surface area contributed by atoms with E-state index in [0.717, 1.165) is 58.7 Å². The van der Waals surface area contributed by atoms with E-state index in [1.54, 1.807) is 0 Å². The average molecular weight is 271 g/mol. The molecule has 1 aliphatic carbocycles. The van der Waals surface area contributed by atoms with Crippen molar-refractivity contribution < 1.29 is 14.2 Å². The zero-order valence-electron chi connectivity index (χ0n) is 12.4. The van der Waals surface area contributed by atoms with Gasteiger partial charge in [-0.2, -0.15) is 0 Å². The van der Waals surface area contributed by atoms with Crippen molar-refractivity contribution in [2.45, 2.75) is 57.8 Å². The molecule has 1 aliphatic heterocycles. The van der Waals surface area contributed by atoms with E-state index in [-0.39, 0.29) is 6.10 Å².